The molecule has 1 fully saturated rings. The summed E-state index contributed by atoms with van der Waals surface area (Å²) in [6.07, 6.45) is 3.82. The average molecular weight is 298 g/mol. The van der Waals surface area contributed by atoms with Crippen LogP contribution in [0.3, 0.4) is 0 Å². The lowest BCUT2D eigenvalue weighted by molar-refractivity contribution is 0.459. The van der Waals surface area contributed by atoms with Crippen molar-refractivity contribution < 1.29 is 0 Å². The maximum Gasteiger partial charge on any atom is 0.0329 e. The van der Waals surface area contributed by atoms with Crippen molar-refractivity contribution in [2.24, 2.45) is 0 Å². The number of fused-ring (bicyclic) bond motifs is 1. The third-order valence-corrected chi connectivity index (χ3v) is 5.49. The largest absolute Gasteiger partial charge is 0.306 e. The van der Waals surface area contributed by atoms with Crippen LogP contribution in [0, 0.1) is 0 Å². The molecule has 1 nitrogen and oxygen atoms in total. The molecule has 1 aliphatic heterocycles. The number of thioether (sulfide) groups is 1. The zero-order chi connectivity index (χ0) is 11.0. The van der Waals surface area contributed by atoms with Gasteiger partial charge in [0.15, 0.2) is 0 Å². The fourth-order valence-corrected chi connectivity index (χ4v) is 4.48. The minimum absolute atomic E-state index is 0.594. The molecular formula is C13H16BrNS. The van der Waals surface area contributed by atoms with Crippen molar-refractivity contribution in [2.75, 3.05) is 11.5 Å². The van der Waals surface area contributed by atoms with Gasteiger partial charge in [-0.15, -0.1) is 0 Å². The fourth-order valence-electron chi connectivity index (χ4n) is 2.73. The van der Waals surface area contributed by atoms with Gasteiger partial charge in [-0.05, 0) is 42.2 Å². The van der Waals surface area contributed by atoms with Crippen LogP contribution in [0.4, 0.5) is 0 Å². The minimum atomic E-state index is 0.594. The van der Waals surface area contributed by atoms with Crippen LogP contribution in [0.15, 0.2) is 22.7 Å². The molecule has 0 radical (unpaired) electrons. The van der Waals surface area contributed by atoms with Gasteiger partial charge < -0.3 is 5.32 Å². The van der Waals surface area contributed by atoms with Gasteiger partial charge in [-0.25, -0.2) is 0 Å². The molecule has 2 aliphatic rings. The number of halogens is 1. The second kappa shape index (κ2) is 4.71. The van der Waals surface area contributed by atoms with Crippen molar-refractivity contribution in [3.05, 3.63) is 33.8 Å². The van der Waals surface area contributed by atoms with E-state index in [1.165, 1.54) is 46.4 Å². The van der Waals surface area contributed by atoms with E-state index in [1.807, 2.05) is 0 Å². The predicted molar refractivity (Wildman–Crippen MR) is 74.1 cm³/mol. The zero-order valence-corrected chi connectivity index (χ0v) is 11.6. The molecule has 0 bridgehead atoms. The van der Waals surface area contributed by atoms with E-state index in [2.05, 4.69) is 51.2 Å². The summed E-state index contributed by atoms with van der Waals surface area (Å²) in [7, 11) is 0. The predicted octanol–water partition coefficient (Wildman–Crippen LogP) is 3.53. The Hall–Kier alpha value is 0.01000. The van der Waals surface area contributed by atoms with Crippen LogP contribution in [0.2, 0.25) is 0 Å². The molecule has 0 saturated carbocycles. The van der Waals surface area contributed by atoms with Gasteiger partial charge >= 0.3 is 0 Å². The number of hydrogen-bond donors (Lipinski definition) is 1. The molecule has 1 aromatic carbocycles. The van der Waals surface area contributed by atoms with E-state index in [1.54, 1.807) is 0 Å². The molecule has 1 aromatic rings. The van der Waals surface area contributed by atoms with Crippen molar-refractivity contribution in [1.29, 1.82) is 0 Å². The van der Waals surface area contributed by atoms with Gasteiger partial charge in [0, 0.05) is 22.3 Å². The van der Waals surface area contributed by atoms with E-state index in [-0.39, 0.29) is 0 Å². The Morgan fingerprint density at radius 2 is 2.25 bits per heavy atom. The Bertz CT molecular complexity index is 388. The third-order valence-electron chi connectivity index (χ3n) is 3.58. The molecule has 0 amide bonds. The van der Waals surface area contributed by atoms with E-state index >= 15 is 0 Å². The summed E-state index contributed by atoms with van der Waals surface area (Å²) >= 11 is 5.73. The Balaban J connectivity index is 1.78. The molecule has 3 heteroatoms. The molecular weight excluding hydrogens is 282 g/mol. The van der Waals surface area contributed by atoms with Crippen molar-refractivity contribution >= 4 is 27.7 Å². The summed E-state index contributed by atoms with van der Waals surface area (Å²) in [6, 6.07) is 7.93. The van der Waals surface area contributed by atoms with E-state index in [0.29, 0.717) is 6.04 Å². The lowest BCUT2D eigenvalue weighted by atomic mass is 10.1. The second-order valence-electron chi connectivity index (χ2n) is 4.63. The highest BCUT2D eigenvalue weighted by molar-refractivity contribution is 9.10. The Morgan fingerprint density at radius 3 is 3.06 bits per heavy atom. The van der Waals surface area contributed by atoms with Crippen LogP contribution in [0.25, 0.3) is 0 Å². The van der Waals surface area contributed by atoms with Crippen molar-refractivity contribution in [3.8, 4) is 0 Å². The standard InChI is InChI=1S/C13H16BrNS/c14-12-3-1-2-11-10(12)4-5-13(11)15-9-6-7-16-8-9/h1-3,9,13,15H,4-8H2. The second-order valence-corrected chi connectivity index (χ2v) is 6.63. The van der Waals surface area contributed by atoms with E-state index < -0.39 is 0 Å². The number of benzene rings is 1. The monoisotopic (exact) mass is 297 g/mol. The maximum absolute atomic E-state index is 3.82. The number of hydrogen-bond acceptors (Lipinski definition) is 2. The molecule has 1 saturated heterocycles. The Kier molecular flexibility index (Phi) is 3.27. The average Bonchev–Trinajstić information content (AvgIpc) is 2.90. The summed E-state index contributed by atoms with van der Waals surface area (Å²) in [5, 5.41) is 3.82. The van der Waals surface area contributed by atoms with Crippen molar-refractivity contribution in [1.82, 2.24) is 5.32 Å². The Morgan fingerprint density at radius 1 is 1.31 bits per heavy atom. The molecule has 16 heavy (non-hydrogen) atoms. The molecule has 2 unspecified atom stereocenters. The minimum Gasteiger partial charge on any atom is -0.306 e. The topological polar surface area (TPSA) is 12.0 Å². The van der Waals surface area contributed by atoms with Gasteiger partial charge in [-0.2, -0.15) is 11.8 Å². The van der Waals surface area contributed by atoms with Crippen molar-refractivity contribution in [3.63, 3.8) is 0 Å². The normalized spacial score (nSPS) is 28.3. The van der Waals surface area contributed by atoms with Crippen LogP contribution in [0.5, 0.6) is 0 Å². The molecule has 0 spiro atoms. The molecule has 0 aromatic heterocycles. The van der Waals surface area contributed by atoms with Crippen molar-refractivity contribution in [2.45, 2.75) is 31.3 Å². The van der Waals surface area contributed by atoms with E-state index in [0.717, 1.165) is 6.04 Å². The molecule has 86 valence electrons. The smallest absolute Gasteiger partial charge is 0.0329 e. The summed E-state index contributed by atoms with van der Waals surface area (Å²) in [6.45, 7) is 0. The lowest BCUT2D eigenvalue weighted by Gasteiger charge is -2.19. The van der Waals surface area contributed by atoms with E-state index in [9.17, 15) is 0 Å². The number of rotatable bonds is 2. The van der Waals surface area contributed by atoms with Gasteiger partial charge in [0.05, 0.1) is 0 Å². The molecule has 1 aliphatic carbocycles. The molecule has 1 heterocycles. The highest BCUT2D eigenvalue weighted by Gasteiger charge is 2.27. The first-order valence-electron chi connectivity index (χ1n) is 5.95. The first-order chi connectivity index (χ1) is 7.84. The third kappa shape index (κ3) is 2.05. The first kappa shape index (κ1) is 11.1. The highest BCUT2D eigenvalue weighted by Crippen LogP contribution is 2.36. The highest BCUT2D eigenvalue weighted by atomic mass is 79.9. The Labute approximate surface area is 110 Å². The van der Waals surface area contributed by atoms with Gasteiger partial charge in [0.1, 0.15) is 0 Å². The first-order valence-corrected chi connectivity index (χ1v) is 7.90. The molecule has 2 atom stereocenters. The van der Waals surface area contributed by atoms with Crippen LogP contribution in [-0.4, -0.2) is 17.5 Å². The summed E-state index contributed by atoms with van der Waals surface area (Å²) < 4.78 is 1.29. The summed E-state index contributed by atoms with van der Waals surface area (Å²) in [5.41, 5.74) is 3.04. The molecule has 3 rings (SSSR count). The van der Waals surface area contributed by atoms with Crippen LogP contribution >= 0.6 is 27.7 Å². The number of nitrogens with one attached hydrogen (secondary N) is 1. The van der Waals surface area contributed by atoms with Gasteiger partial charge in [-0.3, -0.25) is 0 Å². The van der Waals surface area contributed by atoms with Gasteiger partial charge in [0.2, 0.25) is 0 Å². The van der Waals surface area contributed by atoms with E-state index in [4.69, 9.17) is 0 Å². The fraction of sp³-hybridized carbons (Fsp3) is 0.538. The summed E-state index contributed by atoms with van der Waals surface area (Å²) in [4.78, 5) is 0. The molecule has 1 N–H and O–H groups in total. The zero-order valence-electron chi connectivity index (χ0n) is 9.21. The van der Waals surface area contributed by atoms with Gasteiger partial charge in [0.25, 0.3) is 0 Å². The quantitative estimate of drug-likeness (QED) is 0.896. The van der Waals surface area contributed by atoms with Crippen LogP contribution in [-0.2, 0) is 6.42 Å². The SMILES string of the molecule is Brc1cccc2c1CCC2NC1CCSC1. The van der Waals surface area contributed by atoms with Crippen LogP contribution < -0.4 is 5.32 Å². The van der Waals surface area contributed by atoms with Crippen LogP contribution in [0.1, 0.15) is 30.0 Å². The maximum atomic E-state index is 3.82. The van der Waals surface area contributed by atoms with Gasteiger partial charge in [-0.1, -0.05) is 28.1 Å². The lowest BCUT2D eigenvalue weighted by Crippen LogP contribution is -2.31. The summed E-state index contributed by atoms with van der Waals surface area (Å²) in [5.74, 6) is 2.62.